The van der Waals surface area contributed by atoms with E-state index in [1.54, 1.807) is 4.90 Å². The molecule has 1 aliphatic rings. The number of nitrogens with zero attached hydrogens (tertiary/aromatic N) is 3. The smallest absolute Gasteiger partial charge is 0.275 e. The van der Waals surface area contributed by atoms with Gasteiger partial charge in [-0.1, -0.05) is 0 Å². The molecule has 1 amide bonds. The lowest BCUT2D eigenvalue weighted by Crippen LogP contribution is -2.42. The molecule has 1 atom stereocenters. The molecule has 1 aromatic carbocycles. The van der Waals surface area contributed by atoms with Crippen molar-refractivity contribution in [3.05, 3.63) is 47.5 Å². The number of piperidine rings is 1. The zero-order chi connectivity index (χ0) is 15.5. The minimum Gasteiger partial charge on any atom is -0.336 e. The second-order valence-corrected chi connectivity index (χ2v) is 5.81. The van der Waals surface area contributed by atoms with E-state index in [2.05, 4.69) is 8.75 Å². The van der Waals surface area contributed by atoms with Crippen molar-refractivity contribution in [2.24, 2.45) is 5.92 Å². The first-order chi connectivity index (χ1) is 10.6. The average Bonchev–Trinajstić information content (AvgIpc) is 3.09. The molecule has 5 nitrogen and oxygen atoms in total. The standard InChI is InChI=1S/C15H14FN3O2S/c16-12-5-3-10(4-6-12)14(20)11-2-1-7-19(9-11)15(21)13-8-17-22-18-13/h3-6,8,11H,1-2,7,9H2. The first kappa shape index (κ1) is 14.8. The largest absolute Gasteiger partial charge is 0.336 e. The predicted octanol–water partition coefficient (Wildman–Crippen LogP) is 2.41. The van der Waals surface area contributed by atoms with Gasteiger partial charge in [0, 0.05) is 24.6 Å². The summed E-state index contributed by atoms with van der Waals surface area (Å²) in [5.74, 6) is -0.859. The first-order valence-corrected chi connectivity index (χ1v) is 7.75. The van der Waals surface area contributed by atoms with Gasteiger partial charge in [-0.3, -0.25) is 9.59 Å². The van der Waals surface area contributed by atoms with E-state index in [0.717, 1.165) is 24.6 Å². The number of hydrogen-bond donors (Lipinski definition) is 0. The Hall–Kier alpha value is -2.15. The Morgan fingerprint density at radius 3 is 2.73 bits per heavy atom. The van der Waals surface area contributed by atoms with Gasteiger partial charge in [0.2, 0.25) is 0 Å². The normalized spacial score (nSPS) is 18.2. The maximum Gasteiger partial charge on any atom is 0.275 e. The highest BCUT2D eigenvalue weighted by molar-refractivity contribution is 6.99. The van der Waals surface area contributed by atoms with E-state index in [4.69, 9.17) is 0 Å². The number of rotatable bonds is 3. The van der Waals surface area contributed by atoms with Crippen LogP contribution in [0.5, 0.6) is 0 Å². The molecule has 3 rings (SSSR count). The molecule has 2 aromatic rings. The fraction of sp³-hybridized carbons (Fsp3) is 0.333. The summed E-state index contributed by atoms with van der Waals surface area (Å²) >= 11 is 0.987. The summed E-state index contributed by atoms with van der Waals surface area (Å²) < 4.78 is 20.7. The van der Waals surface area contributed by atoms with Crippen LogP contribution in [0.15, 0.2) is 30.5 Å². The zero-order valence-electron chi connectivity index (χ0n) is 11.7. The monoisotopic (exact) mass is 319 g/mol. The van der Waals surface area contributed by atoms with E-state index in [1.165, 1.54) is 30.5 Å². The molecule has 1 aliphatic heterocycles. The van der Waals surface area contributed by atoms with Crippen LogP contribution in [0.25, 0.3) is 0 Å². The Morgan fingerprint density at radius 2 is 2.05 bits per heavy atom. The number of amides is 1. The number of ketones is 1. The topological polar surface area (TPSA) is 63.2 Å². The quantitative estimate of drug-likeness (QED) is 0.815. The van der Waals surface area contributed by atoms with Crippen LogP contribution < -0.4 is 0 Å². The molecule has 1 aromatic heterocycles. The van der Waals surface area contributed by atoms with Gasteiger partial charge in [-0.25, -0.2) is 4.39 Å². The fourth-order valence-corrected chi connectivity index (χ4v) is 3.05. The van der Waals surface area contributed by atoms with Crippen LogP contribution in [0, 0.1) is 11.7 Å². The van der Waals surface area contributed by atoms with Crippen LogP contribution in [-0.2, 0) is 0 Å². The molecule has 0 bridgehead atoms. The van der Waals surface area contributed by atoms with Crippen molar-refractivity contribution in [3.63, 3.8) is 0 Å². The van der Waals surface area contributed by atoms with Gasteiger partial charge in [0.1, 0.15) is 5.82 Å². The number of carbonyl (C=O) groups excluding carboxylic acids is 2. The number of aromatic nitrogens is 2. The molecule has 22 heavy (non-hydrogen) atoms. The minimum absolute atomic E-state index is 0.0473. The molecule has 0 aliphatic carbocycles. The van der Waals surface area contributed by atoms with E-state index in [-0.39, 0.29) is 23.4 Å². The fourth-order valence-electron chi connectivity index (χ4n) is 2.65. The molecule has 1 fully saturated rings. The van der Waals surface area contributed by atoms with Gasteiger partial charge in [0.05, 0.1) is 17.9 Å². The van der Waals surface area contributed by atoms with Crippen LogP contribution in [0.3, 0.4) is 0 Å². The summed E-state index contributed by atoms with van der Waals surface area (Å²) in [6.45, 7) is 0.982. The van der Waals surface area contributed by atoms with Crippen molar-refractivity contribution >= 4 is 23.4 Å². The highest BCUT2D eigenvalue weighted by atomic mass is 32.1. The van der Waals surface area contributed by atoms with Gasteiger partial charge in [0.15, 0.2) is 11.5 Å². The summed E-state index contributed by atoms with van der Waals surface area (Å²) in [4.78, 5) is 26.4. The van der Waals surface area contributed by atoms with Gasteiger partial charge in [0.25, 0.3) is 5.91 Å². The molecule has 0 N–H and O–H groups in total. The van der Waals surface area contributed by atoms with Crippen LogP contribution in [0.4, 0.5) is 4.39 Å². The third kappa shape index (κ3) is 3.04. The Bertz CT molecular complexity index is 673. The summed E-state index contributed by atoms with van der Waals surface area (Å²) in [6, 6.07) is 5.53. The van der Waals surface area contributed by atoms with Crippen molar-refractivity contribution in [3.8, 4) is 0 Å². The molecule has 2 heterocycles. The minimum atomic E-state index is -0.368. The van der Waals surface area contributed by atoms with Crippen LogP contribution in [-0.4, -0.2) is 38.4 Å². The number of Topliss-reactive ketones (excluding diaryl/α,β-unsaturated/α-hetero) is 1. The Kier molecular flexibility index (Phi) is 4.24. The van der Waals surface area contributed by atoms with E-state index < -0.39 is 0 Å². The predicted molar refractivity (Wildman–Crippen MR) is 79.3 cm³/mol. The molecule has 0 radical (unpaired) electrons. The van der Waals surface area contributed by atoms with E-state index in [1.807, 2.05) is 0 Å². The maximum atomic E-state index is 12.9. The van der Waals surface area contributed by atoms with Crippen molar-refractivity contribution in [1.29, 1.82) is 0 Å². The zero-order valence-corrected chi connectivity index (χ0v) is 12.6. The van der Waals surface area contributed by atoms with Gasteiger partial charge in [-0.2, -0.15) is 8.75 Å². The second-order valence-electron chi connectivity index (χ2n) is 5.25. The lowest BCUT2D eigenvalue weighted by atomic mass is 9.90. The molecule has 114 valence electrons. The summed E-state index contributed by atoms with van der Waals surface area (Å²) in [7, 11) is 0. The summed E-state index contributed by atoms with van der Waals surface area (Å²) in [6.07, 6.45) is 2.94. The van der Waals surface area contributed by atoms with E-state index in [0.29, 0.717) is 24.3 Å². The number of hydrogen-bond acceptors (Lipinski definition) is 5. The SMILES string of the molecule is O=C(c1ccc(F)cc1)C1CCCN(C(=O)c2cnsn2)C1. The lowest BCUT2D eigenvalue weighted by Gasteiger charge is -2.31. The first-order valence-electron chi connectivity index (χ1n) is 7.02. The maximum absolute atomic E-state index is 12.9. The van der Waals surface area contributed by atoms with Crippen LogP contribution in [0.2, 0.25) is 0 Å². The van der Waals surface area contributed by atoms with E-state index >= 15 is 0 Å². The molecule has 7 heteroatoms. The van der Waals surface area contributed by atoms with Gasteiger partial charge >= 0.3 is 0 Å². The number of halogens is 1. The molecular formula is C15H14FN3O2S. The highest BCUT2D eigenvalue weighted by Crippen LogP contribution is 2.22. The van der Waals surface area contributed by atoms with Gasteiger partial charge < -0.3 is 4.90 Å². The lowest BCUT2D eigenvalue weighted by molar-refractivity contribution is 0.0633. The molecule has 1 saturated heterocycles. The third-order valence-corrected chi connectivity index (χ3v) is 4.27. The van der Waals surface area contributed by atoms with Crippen molar-refractivity contribution in [2.45, 2.75) is 12.8 Å². The molecule has 0 spiro atoms. The Morgan fingerprint density at radius 1 is 1.27 bits per heavy atom. The molecule has 0 saturated carbocycles. The molecule has 1 unspecified atom stereocenters. The van der Waals surface area contributed by atoms with Gasteiger partial charge in [-0.05, 0) is 37.1 Å². The average molecular weight is 319 g/mol. The van der Waals surface area contributed by atoms with Gasteiger partial charge in [-0.15, -0.1) is 0 Å². The summed E-state index contributed by atoms with van der Waals surface area (Å²) in [5.41, 5.74) is 0.802. The van der Waals surface area contributed by atoms with Crippen molar-refractivity contribution in [1.82, 2.24) is 13.6 Å². The highest BCUT2D eigenvalue weighted by Gasteiger charge is 2.30. The third-order valence-electron chi connectivity index (χ3n) is 3.79. The van der Waals surface area contributed by atoms with Crippen LogP contribution in [0.1, 0.15) is 33.7 Å². The van der Waals surface area contributed by atoms with E-state index in [9.17, 15) is 14.0 Å². The molecular weight excluding hydrogens is 305 g/mol. The van der Waals surface area contributed by atoms with Crippen LogP contribution >= 0.6 is 11.7 Å². The Labute approximate surface area is 131 Å². The number of benzene rings is 1. The van der Waals surface area contributed by atoms with Crippen molar-refractivity contribution in [2.75, 3.05) is 13.1 Å². The summed E-state index contributed by atoms with van der Waals surface area (Å²) in [5, 5.41) is 0. The second kappa shape index (κ2) is 6.31. The number of likely N-dealkylation sites (tertiary alicyclic amines) is 1. The Balaban J connectivity index is 1.71. The number of carbonyl (C=O) groups is 2. The van der Waals surface area contributed by atoms with Crippen molar-refractivity contribution < 1.29 is 14.0 Å².